The number of hydrogen-bond acceptors (Lipinski definition) is 4. The van der Waals surface area contributed by atoms with Gasteiger partial charge in [0.15, 0.2) is 0 Å². The van der Waals surface area contributed by atoms with E-state index in [4.69, 9.17) is 5.11 Å². The van der Waals surface area contributed by atoms with E-state index in [2.05, 4.69) is 10.4 Å². The van der Waals surface area contributed by atoms with Crippen LogP contribution in [0.5, 0.6) is 0 Å². The van der Waals surface area contributed by atoms with E-state index < -0.39 is 0 Å². The van der Waals surface area contributed by atoms with Crippen molar-refractivity contribution in [3.8, 4) is 0 Å². The highest BCUT2D eigenvalue weighted by Crippen LogP contribution is 2.09. The number of amides is 2. The minimum atomic E-state index is -0.249. The summed E-state index contributed by atoms with van der Waals surface area (Å²) in [5.41, 5.74) is 0.376. The van der Waals surface area contributed by atoms with Crippen LogP contribution in [0.2, 0.25) is 0 Å². The SMILES string of the molecule is CC(C)C(CCO)NC(=O)C1=NN(C)C(=O)CC1. The van der Waals surface area contributed by atoms with E-state index in [-0.39, 0.29) is 30.4 Å². The topological polar surface area (TPSA) is 82.0 Å². The molecular weight excluding hydrogens is 234 g/mol. The zero-order chi connectivity index (χ0) is 13.7. The Hall–Kier alpha value is -1.43. The van der Waals surface area contributed by atoms with Crippen molar-refractivity contribution in [1.29, 1.82) is 0 Å². The predicted molar refractivity (Wildman–Crippen MR) is 67.9 cm³/mol. The number of nitrogens with one attached hydrogen (secondary N) is 1. The number of aliphatic hydroxyl groups is 1. The first-order valence-corrected chi connectivity index (χ1v) is 6.21. The molecule has 0 bridgehead atoms. The monoisotopic (exact) mass is 255 g/mol. The molecule has 102 valence electrons. The molecule has 1 aliphatic rings. The van der Waals surface area contributed by atoms with Gasteiger partial charge in [-0.15, -0.1) is 0 Å². The van der Waals surface area contributed by atoms with Crippen molar-refractivity contribution >= 4 is 17.5 Å². The second-order valence-electron chi connectivity index (χ2n) is 4.80. The first-order valence-electron chi connectivity index (χ1n) is 6.21. The molecule has 1 rings (SSSR count). The van der Waals surface area contributed by atoms with Crippen molar-refractivity contribution < 1.29 is 14.7 Å². The lowest BCUT2D eigenvalue weighted by Gasteiger charge is -2.24. The molecule has 6 nitrogen and oxygen atoms in total. The van der Waals surface area contributed by atoms with Gasteiger partial charge in [-0.1, -0.05) is 13.8 Å². The van der Waals surface area contributed by atoms with Gasteiger partial charge in [0.25, 0.3) is 5.91 Å². The number of carbonyl (C=O) groups excluding carboxylic acids is 2. The van der Waals surface area contributed by atoms with Crippen LogP contribution < -0.4 is 5.32 Å². The summed E-state index contributed by atoms with van der Waals surface area (Å²) < 4.78 is 0. The molecule has 0 saturated carbocycles. The largest absolute Gasteiger partial charge is 0.396 e. The zero-order valence-electron chi connectivity index (χ0n) is 11.1. The van der Waals surface area contributed by atoms with E-state index in [1.807, 2.05) is 13.8 Å². The molecule has 0 aromatic carbocycles. The van der Waals surface area contributed by atoms with Gasteiger partial charge in [0, 0.05) is 32.5 Å². The number of carbonyl (C=O) groups is 2. The van der Waals surface area contributed by atoms with Gasteiger partial charge in [-0.2, -0.15) is 5.10 Å². The van der Waals surface area contributed by atoms with E-state index in [0.29, 0.717) is 25.0 Å². The molecule has 0 radical (unpaired) electrons. The zero-order valence-corrected chi connectivity index (χ0v) is 11.1. The van der Waals surface area contributed by atoms with Gasteiger partial charge in [0.05, 0.1) is 0 Å². The summed E-state index contributed by atoms with van der Waals surface area (Å²) in [5, 5.41) is 17.0. The fourth-order valence-electron chi connectivity index (χ4n) is 1.80. The molecule has 0 fully saturated rings. The number of hydrazone groups is 1. The van der Waals surface area contributed by atoms with E-state index >= 15 is 0 Å². The van der Waals surface area contributed by atoms with Gasteiger partial charge in [-0.3, -0.25) is 9.59 Å². The normalized spacial score (nSPS) is 17.7. The molecule has 2 N–H and O–H groups in total. The molecule has 18 heavy (non-hydrogen) atoms. The average Bonchev–Trinajstić information content (AvgIpc) is 2.31. The summed E-state index contributed by atoms with van der Waals surface area (Å²) in [5.74, 6) is -0.0894. The summed E-state index contributed by atoms with van der Waals surface area (Å²) in [6.45, 7) is 4.01. The number of rotatable bonds is 5. The Labute approximate surface area is 107 Å². The van der Waals surface area contributed by atoms with Crippen LogP contribution in [-0.2, 0) is 9.59 Å². The van der Waals surface area contributed by atoms with Crippen LogP contribution in [0.3, 0.4) is 0 Å². The summed E-state index contributed by atoms with van der Waals surface area (Å²) in [4.78, 5) is 23.2. The fraction of sp³-hybridized carbons (Fsp3) is 0.750. The smallest absolute Gasteiger partial charge is 0.267 e. The van der Waals surface area contributed by atoms with Gasteiger partial charge in [-0.05, 0) is 12.3 Å². The lowest BCUT2D eigenvalue weighted by atomic mass is 10.0. The fourth-order valence-corrected chi connectivity index (χ4v) is 1.80. The van der Waals surface area contributed by atoms with Crippen LogP contribution in [0.1, 0.15) is 33.1 Å². The molecule has 1 heterocycles. The van der Waals surface area contributed by atoms with Crippen LogP contribution >= 0.6 is 0 Å². The van der Waals surface area contributed by atoms with Crippen molar-refractivity contribution in [2.75, 3.05) is 13.7 Å². The minimum absolute atomic E-state index is 0.0357. The second kappa shape index (κ2) is 6.49. The molecule has 0 aromatic heterocycles. The summed E-state index contributed by atoms with van der Waals surface area (Å²) >= 11 is 0. The lowest BCUT2D eigenvalue weighted by molar-refractivity contribution is -0.130. The van der Waals surface area contributed by atoms with Crippen LogP contribution in [0.25, 0.3) is 0 Å². The third-order valence-corrected chi connectivity index (χ3v) is 3.03. The lowest BCUT2D eigenvalue weighted by Crippen LogP contribution is -2.44. The predicted octanol–water partition coefficient (Wildman–Crippen LogP) is 0.118. The third kappa shape index (κ3) is 3.80. The van der Waals surface area contributed by atoms with Crippen molar-refractivity contribution in [2.24, 2.45) is 11.0 Å². The van der Waals surface area contributed by atoms with Crippen LogP contribution in [-0.4, -0.2) is 47.3 Å². The molecule has 1 unspecified atom stereocenters. The second-order valence-corrected chi connectivity index (χ2v) is 4.80. The molecular formula is C12H21N3O3. The maximum atomic E-state index is 12.0. The summed E-state index contributed by atoms with van der Waals surface area (Å²) in [6, 6.07) is -0.0758. The molecule has 6 heteroatoms. The Kier molecular flexibility index (Phi) is 5.27. The van der Waals surface area contributed by atoms with E-state index in [9.17, 15) is 9.59 Å². The maximum absolute atomic E-state index is 12.0. The maximum Gasteiger partial charge on any atom is 0.267 e. The van der Waals surface area contributed by atoms with Gasteiger partial charge in [0.2, 0.25) is 5.91 Å². The molecule has 0 saturated heterocycles. The Morgan fingerprint density at radius 2 is 2.17 bits per heavy atom. The highest BCUT2D eigenvalue weighted by molar-refractivity contribution is 6.39. The summed E-state index contributed by atoms with van der Waals surface area (Å²) in [7, 11) is 1.54. The van der Waals surface area contributed by atoms with E-state index in [1.54, 1.807) is 7.05 Å². The molecule has 0 aromatic rings. The van der Waals surface area contributed by atoms with E-state index in [0.717, 1.165) is 0 Å². The Balaban J connectivity index is 2.64. The number of nitrogens with zero attached hydrogens (tertiary/aromatic N) is 2. The van der Waals surface area contributed by atoms with Gasteiger partial charge >= 0.3 is 0 Å². The highest BCUT2D eigenvalue weighted by Gasteiger charge is 2.24. The van der Waals surface area contributed by atoms with Crippen LogP contribution in [0.15, 0.2) is 5.10 Å². The van der Waals surface area contributed by atoms with Gasteiger partial charge < -0.3 is 10.4 Å². The number of aliphatic hydroxyl groups excluding tert-OH is 1. The average molecular weight is 255 g/mol. The highest BCUT2D eigenvalue weighted by atomic mass is 16.3. The summed E-state index contributed by atoms with van der Waals surface area (Å²) in [6.07, 6.45) is 1.21. The molecule has 2 amide bonds. The quantitative estimate of drug-likeness (QED) is 0.732. The van der Waals surface area contributed by atoms with Gasteiger partial charge in [0.1, 0.15) is 5.71 Å². The first-order chi connectivity index (χ1) is 8.45. The van der Waals surface area contributed by atoms with Crippen LogP contribution in [0, 0.1) is 5.92 Å². The van der Waals surface area contributed by atoms with Crippen molar-refractivity contribution in [3.63, 3.8) is 0 Å². The molecule has 1 aliphatic heterocycles. The van der Waals surface area contributed by atoms with Crippen molar-refractivity contribution in [2.45, 2.75) is 39.2 Å². The van der Waals surface area contributed by atoms with Crippen molar-refractivity contribution in [3.05, 3.63) is 0 Å². The molecule has 0 aliphatic carbocycles. The Morgan fingerprint density at radius 3 is 2.67 bits per heavy atom. The Morgan fingerprint density at radius 1 is 1.50 bits per heavy atom. The Bertz CT molecular complexity index is 352. The third-order valence-electron chi connectivity index (χ3n) is 3.03. The van der Waals surface area contributed by atoms with Crippen LogP contribution in [0.4, 0.5) is 0 Å². The van der Waals surface area contributed by atoms with Gasteiger partial charge in [-0.25, -0.2) is 5.01 Å². The van der Waals surface area contributed by atoms with E-state index in [1.165, 1.54) is 5.01 Å². The molecule has 1 atom stereocenters. The number of hydrogen-bond donors (Lipinski definition) is 2. The standard InChI is InChI=1S/C12H21N3O3/c1-8(2)9(6-7-16)13-12(18)10-4-5-11(17)15(3)14-10/h8-9,16H,4-7H2,1-3H3,(H,13,18). The van der Waals surface area contributed by atoms with Crippen molar-refractivity contribution in [1.82, 2.24) is 10.3 Å². The first kappa shape index (κ1) is 14.6. The minimum Gasteiger partial charge on any atom is -0.396 e. The molecule has 0 spiro atoms.